The third kappa shape index (κ3) is 2.51. The van der Waals surface area contributed by atoms with Gasteiger partial charge in [-0.25, -0.2) is 0 Å². The van der Waals surface area contributed by atoms with E-state index in [-0.39, 0.29) is 23.7 Å². The van der Waals surface area contributed by atoms with Crippen LogP contribution in [0.25, 0.3) is 0 Å². The van der Waals surface area contributed by atoms with Gasteiger partial charge in [0.15, 0.2) is 0 Å². The number of methoxy groups -OCH3 is 1. The fourth-order valence-corrected chi connectivity index (χ4v) is 1.49. The SMILES string of the molecule is CCc1cc(C#N)c(O)cc1CC(=O)OC. The normalized spacial score (nSPS) is 9.56. The highest BCUT2D eigenvalue weighted by atomic mass is 16.5. The molecule has 0 amide bonds. The summed E-state index contributed by atoms with van der Waals surface area (Å²) >= 11 is 0. The van der Waals surface area contributed by atoms with E-state index in [4.69, 9.17) is 5.26 Å². The van der Waals surface area contributed by atoms with E-state index in [2.05, 4.69) is 4.74 Å². The number of hydrogen-bond donors (Lipinski definition) is 1. The standard InChI is InChI=1S/C12H13NO3/c1-3-8-4-10(7-13)11(14)5-9(8)6-12(15)16-2/h4-5,14H,3,6H2,1-2H3. The molecule has 0 aliphatic heterocycles. The number of nitriles is 1. The minimum Gasteiger partial charge on any atom is -0.507 e. The summed E-state index contributed by atoms with van der Waals surface area (Å²) in [5.74, 6) is -0.461. The zero-order valence-electron chi connectivity index (χ0n) is 9.28. The predicted molar refractivity (Wildman–Crippen MR) is 57.9 cm³/mol. The third-order valence-corrected chi connectivity index (χ3v) is 2.38. The van der Waals surface area contributed by atoms with E-state index in [1.807, 2.05) is 13.0 Å². The second kappa shape index (κ2) is 5.17. The number of phenols is 1. The van der Waals surface area contributed by atoms with E-state index in [1.165, 1.54) is 13.2 Å². The molecule has 84 valence electrons. The second-order valence-corrected chi connectivity index (χ2v) is 3.36. The van der Waals surface area contributed by atoms with Crippen LogP contribution in [0.15, 0.2) is 12.1 Å². The summed E-state index contributed by atoms with van der Waals surface area (Å²) in [6.45, 7) is 1.92. The average molecular weight is 219 g/mol. The number of esters is 1. The second-order valence-electron chi connectivity index (χ2n) is 3.36. The Bertz CT molecular complexity index is 446. The van der Waals surface area contributed by atoms with Crippen molar-refractivity contribution in [3.05, 3.63) is 28.8 Å². The van der Waals surface area contributed by atoms with Crippen LogP contribution in [0, 0.1) is 11.3 Å². The predicted octanol–water partition coefficient (Wildman–Crippen LogP) is 1.54. The lowest BCUT2D eigenvalue weighted by atomic mass is 9.99. The Labute approximate surface area is 94.1 Å². The van der Waals surface area contributed by atoms with E-state index in [0.29, 0.717) is 12.0 Å². The molecule has 0 spiro atoms. The number of carbonyl (C=O) groups is 1. The lowest BCUT2D eigenvalue weighted by Crippen LogP contribution is -2.07. The summed E-state index contributed by atoms with van der Waals surface area (Å²) in [4.78, 5) is 11.1. The zero-order chi connectivity index (χ0) is 12.1. The van der Waals surface area contributed by atoms with Crippen molar-refractivity contribution in [2.75, 3.05) is 7.11 Å². The van der Waals surface area contributed by atoms with E-state index in [9.17, 15) is 9.90 Å². The molecule has 0 saturated heterocycles. The van der Waals surface area contributed by atoms with Crippen molar-refractivity contribution >= 4 is 5.97 Å². The minimum absolute atomic E-state index is 0.0985. The molecule has 0 aromatic heterocycles. The molecule has 1 rings (SSSR count). The van der Waals surface area contributed by atoms with Crippen LogP contribution in [-0.2, 0) is 22.4 Å². The number of aromatic hydroxyl groups is 1. The Morgan fingerprint density at radius 3 is 2.69 bits per heavy atom. The van der Waals surface area contributed by atoms with Crippen LogP contribution < -0.4 is 0 Å². The largest absolute Gasteiger partial charge is 0.507 e. The fourth-order valence-electron chi connectivity index (χ4n) is 1.49. The van der Waals surface area contributed by atoms with Crippen LogP contribution in [0.4, 0.5) is 0 Å². The van der Waals surface area contributed by atoms with E-state index in [1.54, 1.807) is 6.07 Å². The molecule has 0 bridgehead atoms. The van der Waals surface area contributed by atoms with Crippen LogP contribution in [0.5, 0.6) is 5.75 Å². The Morgan fingerprint density at radius 1 is 1.50 bits per heavy atom. The highest BCUT2D eigenvalue weighted by molar-refractivity contribution is 5.73. The molecule has 1 aromatic carbocycles. The number of phenolic OH excluding ortho intramolecular Hbond substituents is 1. The van der Waals surface area contributed by atoms with E-state index >= 15 is 0 Å². The van der Waals surface area contributed by atoms with Crippen LogP contribution in [0.3, 0.4) is 0 Å². The molecule has 0 aliphatic rings. The number of nitrogens with zero attached hydrogens (tertiary/aromatic N) is 1. The van der Waals surface area contributed by atoms with Gasteiger partial charge < -0.3 is 9.84 Å². The molecule has 0 fully saturated rings. The van der Waals surface area contributed by atoms with Crippen molar-refractivity contribution in [1.29, 1.82) is 5.26 Å². The van der Waals surface area contributed by atoms with Gasteiger partial charge in [-0.15, -0.1) is 0 Å². The van der Waals surface area contributed by atoms with E-state index in [0.717, 1.165) is 5.56 Å². The van der Waals surface area contributed by atoms with Crippen molar-refractivity contribution in [3.63, 3.8) is 0 Å². The smallest absolute Gasteiger partial charge is 0.309 e. The van der Waals surface area contributed by atoms with Gasteiger partial charge in [-0.2, -0.15) is 5.26 Å². The van der Waals surface area contributed by atoms with Gasteiger partial charge in [0.05, 0.1) is 19.1 Å². The van der Waals surface area contributed by atoms with Crippen molar-refractivity contribution in [2.45, 2.75) is 19.8 Å². The molecule has 0 unspecified atom stereocenters. The molecular formula is C12H13NO3. The van der Waals surface area contributed by atoms with Crippen molar-refractivity contribution in [2.24, 2.45) is 0 Å². The van der Waals surface area contributed by atoms with Gasteiger partial charge in [-0.1, -0.05) is 6.92 Å². The lowest BCUT2D eigenvalue weighted by Gasteiger charge is -2.08. The van der Waals surface area contributed by atoms with Crippen LogP contribution >= 0.6 is 0 Å². The van der Waals surface area contributed by atoms with Crippen molar-refractivity contribution in [3.8, 4) is 11.8 Å². The minimum atomic E-state index is -0.362. The van der Waals surface area contributed by atoms with Gasteiger partial charge in [0, 0.05) is 0 Å². The topological polar surface area (TPSA) is 70.3 Å². The van der Waals surface area contributed by atoms with Gasteiger partial charge in [0.1, 0.15) is 11.8 Å². The van der Waals surface area contributed by atoms with Crippen LogP contribution in [0.1, 0.15) is 23.6 Å². The van der Waals surface area contributed by atoms with Crippen molar-refractivity contribution in [1.82, 2.24) is 0 Å². The lowest BCUT2D eigenvalue weighted by molar-refractivity contribution is -0.139. The third-order valence-electron chi connectivity index (χ3n) is 2.38. The maximum absolute atomic E-state index is 11.1. The molecule has 0 saturated carbocycles. The van der Waals surface area contributed by atoms with Gasteiger partial charge in [0.25, 0.3) is 0 Å². The molecule has 16 heavy (non-hydrogen) atoms. The Kier molecular flexibility index (Phi) is 3.90. The summed E-state index contributed by atoms with van der Waals surface area (Å²) in [5, 5.41) is 18.3. The number of benzene rings is 1. The number of rotatable bonds is 3. The Hall–Kier alpha value is -2.02. The van der Waals surface area contributed by atoms with Gasteiger partial charge in [0.2, 0.25) is 0 Å². The first-order valence-electron chi connectivity index (χ1n) is 4.94. The monoisotopic (exact) mass is 219 g/mol. The number of hydrogen-bond acceptors (Lipinski definition) is 4. The average Bonchev–Trinajstić information content (AvgIpc) is 2.29. The number of ether oxygens (including phenoxy) is 1. The summed E-state index contributed by atoms with van der Waals surface area (Å²) in [6, 6.07) is 4.96. The molecule has 1 N–H and O–H groups in total. The first kappa shape index (κ1) is 12.1. The van der Waals surface area contributed by atoms with Gasteiger partial charge in [-0.3, -0.25) is 4.79 Å². The molecule has 1 aromatic rings. The molecule has 0 atom stereocenters. The molecule has 4 heteroatoms. The summed E-state index contributed by atoms with van der Waals surface area (Å²) in [6.07, 6.45) is 0.806. The maximum atomic E-state index is 11.1. The fraction of sp³-hybridized carbons (Fsp3) is 0.333. The zero-order valence-corrected chi connectivity index (χ0v) is 9.28. The van der Waals surface area contributed by atoms with Crippen LogP contribution in [-0.4, -0.2) is 18.2 Å². The summed E-state index contributed by atoms with van der Waals surface area (Å²) in [5.41, 5.74) is 1.80. The maximum Gasteiger partial charge on any atom is 0.309 e. The molecule has 4 nitrogen and oxygen atoms in total. The summed E-state index contributed by atoms with van der Waals surface area (Å²) < 4.78 is 4.56. The van der Waals surface area contributed by atoms with Crippen molar-refractivity contribution < 1.29 is 14.6 Å². The molecule has 0 radical (unpaired) electrons. The first-order valence-corrected chi connectivity index (χ1v) is 4.94. The molecular weight excluding hydrogens is 206 g/mol. The quantitative estimate of drug-likeness (QED) is 0.783. The van der Waals surface area contributed by atoms with Crippen LogP contribution in [0.2, 0.25) is 0 Å². The van der Waals surface area contributed by atoms with E-state index < -0.39 is 0 Å². The highest BCUT2D eigenvalue weighted by Gasteiger charge is 2.11. The van der Waals surface area contributed by atoms with Gasteiger partial charge >= 0.3 is 5.97 Å². The number of aryl methyl sites for hydroxylation is 1. The Balaban J connectivity index is 3.14. The first-order chi connectivity index (χ1) is 7.62. The Morgan fingerprint density at radius 2 is 2.19 bits per heavy atom. The number of carbonyl (C=O) groups excluding carboxylic acids is 1. The summed E-state index contributed by atoms with van der Waals surface area (Å²) in [7, 11) is 1.32. The molecule has 0 aliphatic carbocycles. The van der Waals surface area contributed by atoms with Gasteiger partial charge in [-0.05, 0) is 29.7 Å². The molecule has 0 heterocycles. The highest BCUT2D eigenvalue weighted by Crippen LogP contribution is 2.23.